The first-order chi connectivity index (χ1) is 8.86. The van der Waals surface area contributed by atoms with Crippen LogP contribution in [0.2, 0.25) is 5.15 Å². The predicted octanol–water partition coefficient (Wildman–Crippen LogP) is 3.78. The van der Waals surface area contributed by atoms with E-state index in [4.69, 9.17) is 22.3 Å². The van der Waals surface area contributed by atoms with Crippen LogP contribution in [-0.2, 0) is 15.5 Å². The monoisotopic (exact) mass is 382 g/mol. The largest absolute Gasteiger partial charge is 0.266 e. The molecule has 0 atom stereocenters. The van der Waals surface area contributed by atoms with Crippen LogP contribution in [0.25, 0.3) is 5.69 Å². The fourth-order valence-corrected chi connectivity index (χ4v) is 4.04. The second kappa shape index (κ2) is 5.44. The molecular formula is C11H9BrCl2N2O2S. The number of halogens is 3. The average molecular weight is 384 g/mol. The van der Waals surface area contributed by atoms with Gasteiger partial charge in [-0.1, -0.05) is 30.7 Å². The summed E-state index contributed by atoms with van der Waals surface area (Å²) in [6, 6.07) is 7.23. The minimum Gasteiger partial charge on any atom is -0.219 e. The third-order valence-electron chi connectivity index (χ3n) is 2.52. The zero-order valence-electron chi connectivity index (χ0n) is 9.77. The summed E-state index contributed by atoms with van der Waals surface area (Å²) in [5.74, 6) is 0. The Labute approximate surface area is 128 Å². The number of benzene rings is 1. The normalized spacial score (nSPS) is 11.8. The Balaban J connectivity index is 2.75. The van der Waals surface area contributed by atoms with Gasteiger partial charge in [0.25, 0.3) is 9.05 Å². The molecule has 8 heteroatoms. The van der Waals surface area contributed by atoms with E-state index in [0.29, 0.717) is 17.8 Å². The fraction of sp³-hybridized carbons (Fsp3) is 0.182. The molecule has 4 nitrogen and oxygen atoms in total. The van der Waals surface area contributed by atoms with Crippen molar-refractivity contribution in [3.63, 3.8) is 0 Å². The van der Waals surface area contributed by atoms with Crippen molar-refractivity contribution >= 4 is 47.3 Å². The molecule has 19 heavy (non-hydrogen) atoms. The fourth-order valence-electron chi connectivity index (χ4n) is 1.68. The summed E-state index contributed by atoms with van der Waals surface area (Å²) < 4.78 is 25.3. The standard InChI is InChI=1S/C11H9BrCl2N2O2S/c1-2-8-10(19(14,17)18)11(13)16(15-8)9-6-4-3-5-7(9)12/h3-6H,2H2,1H3. The zero-order chi connectivity index (χ0) is 14.2. The Morgan fingerprint density at radius 2 is 2.00 bits per heavy atom. The number of aryl methyl sites for hydroxylation is 1. The van der Waals surface area contributed by atoms with Crippen LogP contribution in [0.5, 0.6) is 0 Å². The van der Waals surface area contributed by atoms with Crippen molar-refractivity contribution in [2.75, 3.05) is 0 Å². The molecule has 1 aromatic heterocycles. The maximum Gasteiger partial charge on any atom is 0.266 e. The Morgan fingerprint density at radius 1 is 1.37 bits per heavy atom. The SMILES string of the molecule is CCc1nn(-c2ccccc2Br)c(Cl)c1S(=O)(=O)Cl. The van der Waals surface area contributed by atoms with Crippen LogP contribution in [-0.4, -0.2) is 18.2 Å². The Kier molecular flexibility index (Phi) is 4.25. The highest BCUT2D eigenvalue weighted by molar-refractivity contribution is 9.10. The van der Waals surface area contributed by atoms with Gasteiger partial charge in [-0.15, -0.1) is 0 Å². The van der Waals surface area contributed by atoms with Crippen LogP contribution in [0.15, 0.2) is 33.6 Å². The van der Waals surface area contributed by atoms with E-state index in [0.717, 1.165) is 4.47 Å². The molecule has 2 rings (SSSR count). The van der Waals surface area contributed by atoms with Crippen LogP contribution >= 0.6 is 38.2 Å². The van der Waals surface area contributed by atoms with E-state index in [1.807, 2.05) is 12.1 Å². The Bertz CT molecular complexity index is 728. The molecule has 0 spiro atoms. The first-order valence-corrected chi connectivity index (χ1v) is 8.81. The van der Waals surface area contributed by atoms with Crippen LogP contribution in [0.4, 0.5) is 0 Å². The van der Waals surface area contributed by atoms with Crippen molar-refractivity contribution < 1.29 is 8.42 Å². The lowest BCUT2D eigenvalue weighted by Gasteiger charge is -2.05. The third-order valence-corrected chi connectivity index (χ3v) is 5.03. The number of hydrogen-bond acceptors (Lipinski definition) is 3. The zero-order valence-corrected chi connectivity index (χ0v) is 13.7. The lowest BCUT2D eigenvalue weighted by molar-refractivity contribution is 0.608. The smallest absolute Gasteiger partial charge is 0.219 e. The number of nitrogens with zero attached hydrogens (tertiary/aromatic N) is 2. The van der Waals surface area contributed by atoms with Crippen LogP contribution in [0.1, 0.15) is 12.6 Å². The van der Waals surface area contributed by atoms with E-state index in [2.05, 4.69) is 21.0 Å². The van der Waals surface area contributed by atoms with Crippen molar-refractivity contribution in [2.45, 2.75) is 18.2 Å². The van der Waals surface area contributed by atoms with Crippen LogP contribution < -0.4 is 0 Å². The molecule has 2 aromatic rings. The van der Waals surface area contributed by atoms with Gasteiger partial charge < -0.3 is 0 Å². The van der Waals surface area contributed by atoms with Gasteiger partial charge in [-0.25, -0.2) is 13.1 Å². The molecule has 1 heterocycles. The second-order valence-corrected chi connectivity index (χ2v) is 7.44. The number of rotatable bonds is 3. The van der Waals surface area contributed by atoms with Gasteiger partial charge in [-0.3, -0.25) is 0 Å². The van der Waals surface area contributed by atoms with Crippen molar-refractivity contribution in [2.24, 2.45) is 0 Å². The van der Waals surface area contributed by atoms with Crippen LogP contribution in [0, 0.1) is 0 Å². The van der Waals surface area contributed by atoms with Gasteiger partial charge in [-0.05, 0) is 34.5 Å². The molecule has 0 aliphatic heterocycles. The van der Waals surface area contributed by atoms with Gasteiger partial charge in [0.1, 0.15) is 4.90 Å². The van der Waals surface area contributed by atoms with Crippen molar-refractivity contribution in [1.29, 1.82) is 0 Å². The molecule has 0 unspecified atom stereocenters. The quantitative estimate of drug-likeness (QED) is 0.758. The topological polar surface area (TPSA) is 52.0 Å². The number of aromatic nitrogens is 2. The van der Waals surface area contributed by atoms with Gasteiger partial charge in [0.15, 0.2) is 5.15 Å². The van der Waals surface area contributed by atoms with E-state index in [9.17, 15) is 8.42 Å². The molecule has 0 N–H and O–H groups in total. The molecule has 0 aliphatic carbocycles. The van der Waals surface area contributed by atoms with E-state index in [1.165, 1.54) is 4.68 Å². The van der Waals surface area contributed by atoms with Gasteiger partial charge in [0.05, 0.1) is 11.4 Å². The maximum atomic E-state index is 11.6. The highest BCUT2D eigenvalue weighted by Crippen LogP contribution is 2.32. The summed E-state index contributed by atoms with van der Waals surface area (Å²) in [5.41, 5.74) is 0.990. The Morgan fingerprint density at radius 3 is 2.47 bits per heavy atom. The first-order valence-electron chi connectivity index (χ1n) is 5.33. The van der Waals surface area contributed by atoms with E-state index in [1.54, 1.807) is 19.1 Å². The summed E-state index contributed by atoms with van der Waals surface area (Å²) in [5, 5.41) is 4.20. The van der Waals surface area contributed by atoms with Crippen molar-refractivity contribution in [1.82, 2.24) is 9.78 Å². The van der Waals surface area contributed by atoms with Gasteiger partial charge in [0, 0.05) is 15.2 Å². The number of hydrogen-bond donors (Lipinski definition) is 0. The third kappa shape index (κ3) is 2.81. The predicted molar refractivity (Wildman–Crippen MR) is 78.7 cm³/mol. The lowest BCUT2D eigenvalue weighted by atomic mass is 10.3. The summed E-state index contributed by atoms with van der Waals surface area (Å²) in [4.78, 5) is -0.130. The molecule has 1 aromatic carbocycles. The summed E-state index contributed by atoms with van der Waals surface area (Å²) in [6.07, 6.45) is 0.415. The summed E-state index contributed by atoms with van der Waals surface area (Å²) in [7, 11) is 1.48. The Hall–Kier alpha value is -0.560. The molecule has 0 fully saturated rings. The van der Waals surface area contributed by atoms with Gasteiger partial charge in [-0.2, -0.15) is 5.10 Å². The highest BCUT2D eigenvalue weighted by atomic mass is 79.9. The molecule has 0 saturated carbocycles. The summed E-state index contributed by atoms with van der Waals surface area (Å²) >= 11 is 9.49. The van der Waals surface area contributed by atoms with E-state index in [-0.39, 0.29) is 10.0 Å². The highest BCUT2D eigenvalue weighted by Gasteiger charge is 2.26. The molecule has 0 aliphatic rings. The minimum absolute atomic E-state index is 0.0150. The van der Waals surface area contributed by atoms with Gasteiger partial charge in [0.2, 0.25) is 0 Å². The van der Waals surface area contributed by atoms with Crippen LogP contribution in [0.3, 0.4) is 0 Å². The molecular weight excluding hydrogens is 375 g/mol. The van der Waals surface area contributed by atoms with E-state index < -0.39 is 9.05 Å². The molecule has 0 bridgehead atoms. The van der Waals surface area contributed by atoms with Crippen molar-refractivity contribution in [3.05, 3.63) is 39.6 Å². The maximum absolute atomic E-state index is 11.6. The molecule has 0 amide bonds. The number of para-hydroxylation sites is 1. The molecule has 102 valence electrons. The lowest BCUT2D eigenvalue weighted by Crippen LogP contribution is -1.98. The summed E-state index contributed by atoms with van der Waals surface area (Å²) in [6.45, 7) is 1.79. The first kappa shape index (κ1) is 14.8. The van der Waals surface area contributed by atoms with Crippen molar-refractivity contribution in [3.8, 4) is 5.69 Å². The van der Waals surface area contributed by atoms with Gasteiger partial charge >= 0.3 is 0 Å². The minimum atomic E-state index is -3.93. The second-order valence-electron chi connectivity index (χ2n) is 3.72. The van der Waals surface area contributed by atoms with E-state index >= 15 is 0 Å². The average Bonchev–Trinajstić information content (AvgIpc) is 2.66. The molecule has 0 saturated heterocycles. The molecule has 0 radical (unpaired) electrons.